The van der Waals surface area contributed by atoms with E-state index in [0.29, 0.717) is 12.2 Å². The van der Waals surface area contributed by atoms with E-state index in [1.165, 1.54) is 0 Å². The lowest BCUT2D eigenvalue weighted by Crippen LogP contribution is -2.11. The van der Waals surface area contributed by atoms with Crippen molar-refractivity contribution in [1.29, 1.82) is 0 Å². The van der Waals surface area contributed by atoms with E-state index in [4.69, 9.17) is 14.2 Å². The first-order valence-electron chi connectivity index (χ1n) is 5.10. The third-order valence-electron chi connectivity index (χ3n) is 2.02. The van der Waals surface area contributed by atoms with Crippen LogP contribution in [0.4, 0.5) is 0 Å². The van der Waals surface area contributed by atoms with Gasteiger partial charge in [0, 0.05) is 12.2 Å². The molecule has 0 N–H and O–H groups in total. The molecule has 0 heterocycles. The van der Waals surface area contributed by atoms with E-state index in [2.05, 4.69) is 0 Å². The second kappa shape index (κ2) is 6.98. The SMILES string of the molecule is CCOCOCC(=O)c1ccc(OC)cc1. The summed E-state index contributed by atoms with van der Waals surface area (Å²) >= 11 is 0. The summed E-state index contributed by atoms with van der Waals surface area (Å²) in [5, 5.41) is 0. The highest BCUT2D eigenvalue weighted by Gasteiger charge is 2.05. The van der Waals surface area contributed by atoms with Gasteiger partial charge in [-0.3, -0.25) is 4.79 Å². The van der Waals surface area contributed by atoms with Crippen LogP contribution in [0.1, 0.15) is 17.3 Å². The zero-order valence-electron chi connectivity index (χ0n) is 9.56. The normalized spacial score (nSPS) is 10.1. The first-order chi connectivity index (χ1) is 7.77. The van der Waals surface area contributed by atoms with Crippen LogP contribution < -0.4 is 4.74 Å². The molecule has 1 rings (SSSR count). The highest BCUT2D eigenvalue weighted by molar-refractivity contribution is 5.97. The Morgan fingerprint density at radius 1 is 1.19 bits per heavy atom. The predicted molar refractivity (Wildman–Crippen MR) is 59.8 cm³/mol. The summed E-state index contributed by atoms with van der Waals surface area (Å²) in [7, 11) is 1.59. The van der Waals surface area contributed by atoms with Gasteiger partial charge in [-0.15, -0.1) is 0 Å². The van der Waals surface area contributed by atoms with Crippen molar-refractivity contribution in [3.63, 3.8) is 0 Å². The van der Waals surface area contributed by atoms with Crippen LogP contribution in [0.5, 0.6) is 5.75 Å². The Bertz CT molecular complexity index is 318. The van der Waals surface area contributed by atoms with Gasteiger partial charge in [0.1, 0.15) is 19.1 Å². The number of carbonyl (C=O) groups is 1. The lowest BCUT2D eigenvalue weighted by molar-refractivity contribution is -0.0423. The van der Waals surface area contributed by atoms with Crippen LogP contribution in [0.2, 0.25) is 0 Å². The van der Waals surface area contributed by atoms with Gasteiger partial charge in [0.15, 0.2) is 5.78 Å². The highest BCUT2D eigenvalue weighted by atomic mass is 16.7. The van der Waals surface area contributed by atoms with Crippen LogP contribution in [-0.4, -0.2) is 32.9 Å². The highest BCUT2D eigenvalue weighted by Crippen LogP contribution is 2.11. The molecule has 4 nitrogen and oxygen atoms in total. The monoisotopic (exact) mass is 224 g/mol. The van der Waals surface area contributed by atoms with Crippen molar-refractivity contribution in [2.24, 2.45) is 0 Å². The third-order valence-corrected chi connectivity index (χ3v) is 2.02. The molecule has 88 valence electrons. The van der Waals surface area contributed by atoms with E-state index in [1.54, 1.807) is 31.4 Å². The number of benzene rings is 1. The van der Waals surface area contributed by atoms with Gasteiger partial charge in [-0.2, -0.15) is 0 Å². The first kappa shape index (κ1) is 12.7. The number of Topliss-reactive ketones (excluding diaryl/α,β-unsaturated/α-hetero) is 1. The Labute approximate surface area is 95.1 Å². The van der Waals surface area contributed by atoms with Crippen molar-refractivity contribution in [3.8, 4) is 5.75 Å². The lowest BCUT2D eigenvalue weighted by atomic mass is 10.1. The molecule has 0 spiro atoms. The number of carbonyl (C=O) groups excluding carboxylic acids is 1. The average molecular weight is 224 g/mol. The summed E-state index contributed by atoms with van der Waals surface area (Å²) in [4.78, 5) is 11.6. The van der Waals surface area contributed by atoms with Crippen LogP contribution >= 0.6 is 0 Å². The van der Waals surface area contributed by atoms with Crippen molar-refractivity contribution in [2.45, 2.75) is 6.92 Å². The summed E-state index contributed by atoms with van der Waals surface area (Å²) in [5.41, 5.74) is 0.609. The second-order valence-corrected chi connectivity index (χ2v) is 3.11. The fourth-order valence-corrected chi connectivity index (χ4v) is 1.14. The Balaban J connectivity index is 2.40. The Morgan fingerprint density at radius 2 is 1.88 bits per heavy atom. The van der Waals surface area contributed by atoms with Gasteiger partial charge in [0.2, 0.25) is 0 Å². The molecule has 0 radical (unpaired) electrons. The third kappa shape index (κ3) is 4.00. The van der Waals surface area contributed by atoms with E-state index in [9.17, 15) is 4.79 Å². The van der Waals surface area contributed by atoms with Gasteiger partial charge in [-0.1, -0.05) is 0 Å². The van der Waals surface area contributed by atoms with Crippen LogP contribution in [-0.2, 0) is 9.47 Å². The van der Waals surface area contributed by atoms with E-state index in [-0.39, 0.29) is 19.2 Å². The molecule has 0 saturated heterocycles. The molecule has 0 aliphatic carbocycles. The number of hydrogen-bond donors (Lipinski definition) is 0. The van der Waals surface area contributed by atoms with Crippen molar-refractivity contribution in [1.82, 2.24) is 0 Å². The molecule has 0 fully saturated rings. The molecule has 0 aliphatic heterocycles. The standard InChI is InChI=1S/C12H16O4/c1-3-15-9-16-8-12(13)10-4-6-11(14-2)7-5-10/h4-7H,3,8-9H2,1-2H3. The summed E-state index contributed by atoms with van der Waals surface area (Å²) < 4.78 is 15.0. The van der Waals surface area contributed by atoms with Crippen molar-refractivity contribution in [3.05, 3.63) is 29.8 Å². The number of rotatable bonds is 7. The molecular formula is C12H16O4. The number of ether oxygens (including phenoxy) is 3. The average Bonchev–Trinajstić information content (AvgIpc) is 2.34. The van der Waals surface area contributed by atoms with Gasteiger partial charge in [-0.05, 0) is 31.2 Å². The molecule has 0 bridgehead atoms. The summed E-state index contributed by atoms with van der Waals surface area (Å²) in [6, 6.07) is 6.92. The Morgan fingerprint density at radius 3 is 2.44 bits per heavy atom. The molecular weight excluding hydrogens is 208 g/mol. The maximum absolute atomic E-state index is 11.6. The first-order valence-corrected chi connectivity index (χ1v) is 5.10. The Hall–Kier alpha value is -1.39. The smallest absolute Gasteiger partial charge is 0.188 e. The molecule has 0 amide bonds. The van der Waals surface area contributed by atoms with Gasteiger partial charge in [0.25, 0.3) is 0 Å². The van der Waals surface area contributed by atoms with Crippen molar-refractivity contribution < 1.29 is 19.0 Å². The molecule has 0 atom stereocenters. The number of ketones is 1. The summed E-state index contributed by atoms with van der Waals surface area (Å²) in [6.07, 6.45) is 0. The maximum Gasteiger partial charge on any atom is 0.188 e. The molecule has 0 aromatic heterocycles. The molecule has 1 aromatic rings. The minimum atomic E-state index is -0.0673. The molecule has 16 heavy (non-hydrogen) atoms. The molecule has 0 saturated carbocycles. The van der Waals surface area contributed by atoms with Crippen molar-refractivity contribution in [2.75, 3.05) is 27.1 Å². The van der Waals surface area contributed by atoms with Gasteiger partial charge >= 0.3 is 0 Å². The van der Waals surface area contributed by atoms with E-state index in [0.717, 1.165) is 5.75 Å². The van der Waals surface area contributed by atoms with Crippen LogP contribution in [0.15, 0.2) is 24.3 Å². The van der Waals surface area contributed by atoms with Crippen LogP contribution in [0.3, 0.4) is 0 Å². The van der Waals surface area contributed by atoms with E-state index in [1.807, 2.05) is 6.92 Å². The number of methoxy groups -OCH3 is 1. The minimum Gasteiger partial charge on any atom is -0.497 e. The molecule has 4 heteroatoms. The second-order valence-electron chi connectivity index (χ2n) is 3.11. The predicted octanol–water partition coefficient (Wildman–Crippen LogP) is 1.89. The number of hydrogen-bond acceptors (Lipinski definition) is 4. The molecule has 0 aliphatic rings. The van der Waals surface area contributed by atoms with Gasteiger partial charge < -0.3 is 14.2 Å². The largest absolute Gasteiger partial charge is 0.497 e. The Kier molecular flexibility index (Phi) is 5.53. The van der Waals surface area contributed by atoms with Gasteiger partial charge in [0.05, 0.1) is 7.11 Å². The van der Waals surface area contributed by atoms with Crippen molar-refractivity contribution >= 4 is 5.78 Å². The van der Waals surface area contributed by atoms with Crippen LogP contribution in [0.25, 0.3) is 0 Å². The van der Waals surface area contributed by atoms with E-state index >= 15 is 0 Å². The summed E-state index contributed by atoms with van der Waals surface area (Å²) in [6.45, 7) is 2.64. The zero-order chi connectivity index (χ0) is 11.8. The summed E-state index contributed by atoms with van der Waals surface area (Å²) in [5.74, 6) is 0.661. The van der Waals surface area contributed by atoms with Gasteiger partial charge in [-0.25, -0.2) is 0 Å². The van der Waals surface area contributed by atoms with E-state index < -0.39 is 0 Å². The minimum absolute atomic E-state index is 0.0341. The fourth-order valence-electron chi connectivity index (χ4n) is 1.14. The lowest BCUT2D eigenvalue weighted by Gasteiger charge is -2.04. The maximum atomic E-state index is 11.6. The topological polar surface area (TPSA) is 44.8 Å². The fraction of sp³-hybridized carbons (Fsp3) is 0.417. The van der Waals surface area contributed by atoms with Crippen LogP contribution in [0, 0.1) is 0 Å². The molecule has 1 aromatic carbocycles. The molecule has 0 unspecified atom stereocenters. The quantitative estimate of drug-likeness (QED) is 0.403. The zero-order valence-corrected chi connectivity index (χ0v) is 9.56.